The van der Waals surface area contributed by atoms with Crippen molar-refractivity contribution < 1.29 is 14.3 Å². The standard InChI is InChI=1S/C21H27N3O3/c1-3-27-21(26)24-11-9-23(10-12-24)20(25)16-6-4-5-15-17-13-14(2)7-8-18(17)22-19(15)16/h4-6,14,22H,3,7-13H2,1-2H3. The molecule has 2 amide bonds. The lowest BCUT2D eigenvalue weighted by Crippen LogP contribution is -2.50. The second kappa shape index (κ2) is 7.25. The maximum Gasteiger partial charge on any atom is 0.409 e. The van der Waals surface area contributed by atoms with Gasteiger partial charge in [0.25, 0.3) is 5.91 Å². The first kappa shape index (κ1) is 17.9. The number of amides is 2. The molecule has 1 unspecified atom stereocenters. The fourth-order valence-corrected chi connectivity index (χ4v) is 4.27. The van der Waals surface area contributed by atoms with Crippen LogP contribution in [0, 0.1) is 5.92 Å². The quantitative estimate of drug-likeness (QED) is 0.884. The van der Waals surface area contributed by atoms with E-state index in [0.717, 1.165) is 23.9 Å². The molecule has 1 aromatic heterocycles. The minimum atomic E-state index is -0.294. The van der Waals surface area contributed by atoms with E-state index < -0.39 is 0 Å². The van der Waals surface area contributed by atoms with Crippen molar-refractivity contribution in [2.45, 2.75) is 33.1 Å². The molecule has 6 heteroatoms. The predicted molar refractivity (Wildman–Crippen MR) is 104 cm³/mol. The highest BCUT2D eigenvalue weighted by Crippen LogP contribution is 2.33. The molecule has 4 rings (SSSR count). The van der Waals surface area contributed by atoms with E-state index in [4.69, 9.17) is 4.74 Å². The number of hydrogen-bond donors (Lipinski definition) is 1. The van der Waals surface area contributed by atoms with Crippen LogP contribution in [0.2, 0.25) is 0 Å². The number of fused-ring (bicyclic) bond motifs is 3. The number of aryl methyl sites for hydroxylation is 1. The van der Waals surface area contributed by atoms with Crippen molar-refractivity contribution in [3.05, 3.63) is 35.0 Å². The number of carbonyl (C=O) groups excluding carboxylic acids is 2. The number of piperazine rings is 1. The summed E-state index contributed by atoms with van der Waals surface area (Å²) < 4.78 is 5.05. The van der Waals surface area contributed by atoms with Crippen LogP contribution in [0.25, 0.3) is 10.9 Å². The molecule has 1 aliphatic carbocycles. The first-order valence-electron chi connectivity index (χ1n) is 9.92. The number of aromatic nitrogens is 1. The average molecular weight is 369 g/mol. The summed E-state index contributed by atoms with van der Waals surface area (Å²) in [7, 11) is 0. The number of nitrogens with zero attached hydrogens (tertiary/aromatic N) is 2. The summed E-state index contributed by atoms with van der Waals surface area (Å²) in [5.74, 6) is 0.725. The van der Waals surface area contributed by atoms with Gasteiger partial charge in [-0.2, -0.15) is 0 Å². The van der Waals surface area contributed by atoms with Crippen molar-refractivity contribution >= 4 is 22.9 Å². The Hall–Kier alpha value is -2.50. The Morgan fingerprint density at radius 1 is 1.19 bits per heavy atom. The van der Waals surface area contributed by atoms with Gasteiger partial charge in [0.1, 0.15) is 0 Å². The number of aromatic amines is 1. The van der Waals surface area contributed by atoms with Crippen LogP contribution < -0.4 is 0 Å². The maximum absolute atomic E-state index is 13.2. The molecule has 0 saturated carbocycles. The summed E-state index contributed by atoms with van der Waals surface area (Å²) in [5, 5.41) is 1.19. The Morgan fingerprint density at radius 3 is 2.67 bits per heavy atom. The molecular formula is C21H27N3O3. The molecule has 0 radical (unpaired) electrons. The second-order valence-corrected chi connectivity index (χ2v) is 7.64. The van der Waals surface area contributed by atoms with Gasteiger partial charge in [-0.3, -0.25) is 4.79 Å². The molecule has 1 atom stereocenters. The van der Waals surface area contributed by atoms with E-state index >= 15 is 0 Å². The Morgan fingerprint density at radius 2 is 1.93 bits per heavy atom. The summed E-state index contributed by atoms with van der Waals surface area (Å²) >= 11 is 0. The average Bonchev–Trinajstić information content (AvgIpc) is 3.05. The van der Waals surface area contributed by atoms with Crippen molar-refractivity contribution in [2.75, 3.05) is 32.8 Å². The van der Waals surface area contributed by atoms with Crippen LogP contribution in [0.4, 0.5) is 4.79 Å². The molecule has 1 aliphatic heterocycles. The highest BCUT2D eigenvalue weighted by atomic mass is 16.6. The lowest BCUT2D eigenvalue weighted by atomic mass is 9.87. The number of nitrogens with one attached hydrogen (secondary N) is 1. The molecule has 2 heterocycles. The van der Waals surface area contributed by atoms with Crippen LogP contribution in [0.15, 0.2) is 18.2 Å². The van der Waals surface area contributed by atoms with E-state index in [1.807, 2.05) is 17.0 Å². The minimum absolute atomic E-state index is 0.0377. The number of carbonyl (C=O) groups is 2. The van der Waals surface area contributed by atoms with E-state index in [0.29, 0.717) is 38.7 Å². The van der Waals surface area contributed by atoms with Crippen LogP contribution >= 0.6 is 0 Å². The summed E-state index contributed by atoms with van der Waals surface area (Å²) in [6.45, 7) is 6.56. The summed E-state index contributed by atoms with van der Waals surface area (Å²) in [6.07, 6.45) is 3.03. The van der Waals surface area contributed by atoms with Gasteiger partial charge in [0, 0.05) is 37.3 Å². The highest BCUT2D eigenvalue weighted by molar-refractivity contribution is 6.07. The van der Waals surface area contributed by atoms with Crippen LogP contribution in [-0.2, 0) is 17.6 Å². The smallest absolute Gasteiger partial charge is 0.409 e. The fourth-order valence-electron chi connectivity index (χ4n) is 4.27. The van der Waals surface area contributed by atoms with Gasteiger partial charge in [-0.05, 0) is 43.7 Å². The summed E-state index contributed by atoms with van der Waals surface area (Å²) in [6, 6.07) is 6.02. The lowest BCUT2D eigenvalue weighted by Gasteiger charge is -2.34. The van der Waals surface area contributed by atoms with Gasteiger partial charge in [0.15, 0.2) is 0 Å². The van der Waals surface area contributed by atoms with Crippen molar-refractivity contribution in [3.63, 3.8) is 0 Å². The fraction of sp³-hybridized carbons (Fsp3) is 0.524. The number of H-pyrrole nitrogens is 1. The zero-order chi connectivity index (χ0) is 19.0. The third-order valence-electron chi connectivity index (χ3n) is 5.79. The van der Waals surface area contributed by atoms with Crippen LogP contribution in [0.3, 0.4) is 0 Å². The van der Waals surface area contributed by atoms with Crippen LogP contribution in [0.5, 0.6) is 0 Å². The number of rotatable bonds is 2. The minimum Gasteiger partial charge on any atom is -0.450 e. The van der Waals surface area contributed by atoms with Gasteiger partial charge < -0.3 is 19.5 Å². The first-order chi connectivity index (χ1) is 13.1. The van der Waals surface area contributed by atoms with E-state index in [9.17, 15) is 9.59 Å². The van der Waals surface area contributed by atoms with Crippen molar-refractivity contribution in [3.8, 4) is 0 Å². The van der Waals surface area contributed by atoms with E-state index in [-0.39, 0.29) is 12.0 Å². The van der Waals surface area contributed by atoms with Crippen molar-refractivity contribution in [1.29, 1.82) is 0 Å². The number of ether oxygens (including phenoxy) is 1. The van der Waals surface area contributed by atoms with Gasteiger partial charge in [-0.25, -0.2) is 4.79 Å². The number of hydrogen-bond acceptors (Lipinski definition) is 3. The largest absolute Gasteiger partial charge is 0.450 e. The van der Waals surface area contributed by atoms with Gasteiger partial charge in [0.2, 0.25) is 0 Å². The topological polar surface area (TPSA) is 65.6 Å². The molecule has 1 fully saturated rings. The molecule has 1 N–H and O–H groups in total. The highest BCUT2D eigenvalue weighted by Gasteiger charge is 2.28. The monoisotopic (exact) mass is 369 g/mol. The molecule has 1 aromatic carbocycles. The van der Waals surface area contributed by atoms with Gasteiger partial charge in [-0.15, -0.1) is 0 Å². The van der Waals surface area contributed by atoms with E-state index in [1.165, 1.54) is 23.1 Å². The Balaban J connectivity index is 1.55. The molecule has 1 saturated heterocycles. The molecule has 6 nitrogen and oxygen atoms in total. The van der Waals surface area contributed by atoms with Gasteiger partial charge in [-0.1, -0.05) is 19.1 Å². The second-order valence-electron chi connectivity index (χ2n) is 7.64. The zero-order valence-corrected chi connectivity index (χ0v) is 16.1. The maximum atomic E-state index is 13.2. The predicted octanol–water partition coefficient (Wildman–Crippen LogP) is 3.21. The number of benzene rings is 1. The first-order valence-corrected chi connectivity index (χ1v) is 9.92. The van der Waals surface area contributed by atoms with Crippen molar-refractivity contribution in [1.82, 2.24) is 14.8 Å². The van der Waals surface area contributed by atoms with Crippen LogP contribution in [-0.4, -0.2) is 59.6 Å². The number of para-hydroxylation sites is 1. The summed E-state index contributed by atoms with van der Waals surface area (Å²) in [5.41, 5.74) is 4.37. The molecule has 144 valence electrons. The SMILES string of the molecule is CCOC(=O)N1CCN(C(=O)c2cccc3c4c([nH]c23)CCC(C)C4)CC1. The third kappa shape index (κ3) is 3.29. The zero-order valence-electron chi connectivity index (χ0n) is 16.1. The molecule has 0 bridgehead atoms. The van der Waals surface area contributed by atoms with Crippen LogP contribution in [0.1, 0.15) is 41.9 Å². The Kier molecular flexibility index (Phi) is 4.81. The molecule has 2 aliphatic rings. The molecule has 27 heavy (non-hydrogen) atoms. The molecule has 2 aromatic rings. The summed E-state index contributed by atoms with van der Waals surface area (Å²) in [4.78, 5) is 32.1. The Labute approximate surface area is 159 Å². The van der Waals surface area contributed by atoms with Crippen molar-refractivity contribution in [2.24, 2.45) is 5.92 Å². The van der Waals surface area contributed by atoms with E-state index in [2.05, 4.69) is 18.0 Å². The molecule has 0 spiro atoms. The third-order valence-corrected chi connectivity index (χ3v) is 5.79. The van der Waals surface area contributed by atoms with Gasteiger partial charge >= 0.3 is 6.09 Å². The lowest BCUT2D eigenvalue weighted by molar-refractivity contribution is 0.0572. The Bertz CT molecular complexity index is 865. The van der Waals surface area contributed by atoms with E-state index in [1.54, 1.807) is 11.8 Å². The molecular weight excluding hydrogens is 342 g/mol. The normalized spacial score (nSPS) is 19.9. The van der Waals surface area contributed by atoms with Gasteiger partial charge in [0.05, 0.1) is 17.7 Å².